The van der Waals surface area contributed by atoms with Crippen molar-refractivity contribution in [2.24, 2.45) is 5.73 Å². The number of alkyl halides is 2. The Hall–Kier alpha value is -1.95. The summed E-state index contributed by atoms with van der Waals surface area (Å²) in [5, 5.41) is 2.95. The van der Waals surface area contributed by atoms with Crippen LogP contribution in [0.3, 0.4) is 0 Å². The number of nitrogens with two attached hydrogens (primary N) is 1. The van der Waals surface area contributed by atoms with Crippen molar-refractivity contribution in [1.82, 2.24) is 0 Å². The summed E-state index contributed by atoms with van der Waals surface area (Å²) in [6.07, 6.45) is -2.59. The van der Waals surface area contributed by atoms with Crippen molar-refractivity contribution < 1.29 is 13.6 Å². The van der Waals surface area contributed by atoms with Gasteiger partial charge < -0.3 is 11.1 Å². The molecule has 1 amide bonds. The number of anilines is 1. The second-order valence-electron chi connectivity index (χ2n) is 4.46. The van der Waals surface area contributed by atoms with E-state index in [0.29, 0.717) is 11.3 Å². The van der Waals surface area contributed by atoms with Crippen molar-refractivity contribution in [2.45, 2.75) is 12.5 Å². The van der Waals surface area contributed by atoms with Crippen molar-refractivity contribution in [3.05, 3.63) is 64.1 Å². The summed E-state index contributed by atoms with van der Waals surface area (Å²) in [5.74, 6) is -0.638. The minimum Gasteiger partial charge on any atom is -0.370 e. The number of hydrogen-bond acceptors (Lipinski definition) is 2. The molecule has 2 rings (SSSR count). The number of rotatable bonds is 5. The van der Waals surface area contributed by atoms with Gasteiger partial charge in [0.2, 0.25) is 5.91 Å². The predicted molar refractivity (Wildman–Crippen MR) is 81.1 cm³/mol. The van der Waals surface area contributed by atoms with Gasteiger partial charge >= 0.3 is 0 Å². The summed E-state index contributed by atoms with van der Waals surface area (Å²) in [6.45, 7) is 0. The molecule has 1 atom stereocenters. The molecule has 0 aliphatic carbocycles. The van der Waals surface area contributed by atoms with Crippen molar-refractivity contribution >= 4 is 27.5 Å². The highest BCUT2D eigenvalue weighted by molar-refractivity contribution is 9.10. The SMILES string of the molecule is NC(=O)C(Nc1cccc(Br)c1)c1cccc(C(F)F)c1. The first-order valence-electron chi connectivity index (χ1n) is 6.17. The molecule has 0 bridgehead atoms. The molecule has 3 nitrogen and oxygen atoms in total. The Morgan fingerprint density at radius 1 is 1.10 bits per heavy atom. The van der Waals surface area contributed by atoms with E-state index in [1.54, 1.807) is 24.3 Å². The maximum absolute atomic E-state index is 12.7. The molecule has 3 N–H and O–H groups in total. The summed E-state index contributed by atoms with van der Waals surface area (Å²) in [7, 11) is 0. The van der Waals surface area contributed by atoms with Crippen LogP contribution in [0.4, 0.5) is 14.5 Å². The van der Waals surface area contributed by atoms with Gasteiger partial charge in [0.1, 0.15) is 6.04 Å². The van der Waals surface area contributed by atoms with E-state index < -0.39 is 18.4 Å². The van der Waals surface area contributed by atoms with E-state index in [-0.39, 0.29) is 5.56 Å². The largest absolute Gasteiger partial charge is 0.370 e. The number of halogens is 3. The maximum Gasteiger partial charge on any atom is 0.263 e. The topological polar surface area (TPSA) is 55.1 Å². The van der Waals surface area contributed by atoms with E-state index in [2.05, 4.69) is 21.2 Å². The minimum absolute atomic E-state index is 0.144. The molecule has 2 aromatic carbocycles. The third-order valence-electron chi connectivity index (χ3n) is 2.92. The summed E-state index contributed by atoms with van der Waals surface area (Å²) < 4.78 is 26.3. The summed E-state index contributed by atoms with van der Waals surface area (Å²) in [4.78, 5) is 11.6. The summed E-state index contributed by atoms with van der Waals surface area (Å²) in [5.41, 5.74) is 6.30. The first-order chi connectivity index (χ1) is 9.97. The quantitative estimate of drug-likeness (QED) is 0.851. The Labute approximate surface area is 129 Å². The lowest BCUT2D eigenvalue weighted by molar-refractivity contribution is -0.118. The van der Waals surface area contributed by atoms with Crippen LogP contribution in [0.1, 0.15) is 23.6 Å². The molecular formula is C15H13BrF2N2O. The molecule has 0 saturated heterocycles. The van der Waals surface area contributed by atoms with Gasteiger partial charge in [-0.25, -0.2) is 8.78 Å². The first kappa shape index (κ1) is 15.4. The molecule has 110 valence electrons. The molecule has 0 spiro atoms. The molecule has 0 heterocycles. The monoisotopic (exact) mass is 354 g/mol. The second kappa shape index (κ2) is 6.67. The zero-order valence-corrected chi connectivity index (χ0v) is 12.5. The molecule has 0 saturated carbocycles. The molecule has 2 aromatic rings. The molecule has 0 aromatic heterocycles. The number of amides is 1. The van der Waals surface area contributed by atoms with Crippen LogP contribution in [0.2, 0.25) is 0 Å². The highest BCUT2D eigenvalue weighted by Gasteiger charge is 2.19. The number of hydrogen-bond donors (Lipinski definition) is 2. The Morgan fingerprint density at radius 2 is 1.76 bits per heavy atom. The average Bonchev–Trinajstić information content (AvgIpc) is 2.44. The van der Waals surface area contributed by atoms with Gasteiger partial charge in [-0.1, -0.05) is 40.2 Å². The van der Waals surface area contributed by atoms with Crippen LogP contribution in [0.25, 0.3) is 0 Å². The summed E-state index contributed by atoms with van der Waals surface area (Å²) >= 11 is 3.32. The van der Waals surface area contributed by atoms with Gasteiger partial charge in [0.05, 0.1) is 0 Å². The Bertz CT molecular complexity index is 649. The van der Waals surface area contributed by atoms with E-state index in [4.69, 9.17) is 5.73 Å². The Morgan fingerprint density at radius 3 is 2.38 bits per heavy atom. The van der Waals surface area contributed by atoms with Crippen molar-refractivity contribution in [1.29, 1.82) is 0 Å². The van der Waals surface area contributed by atoms with Crippen molar-refractivity contribution in [2.75, 3.05) is 5.32 Å². The lowest BCUT2D eigenvalue weighted by atomic mass is 10.0. The molecule has 1 unspecified atom stereocenters. The van der Waals surface area contributed by atoms with Crippen LogP contribution in [0.5, 0.6) is 0 Å². The normalized spacial score (nSPS) is 12.2. The fourth-order valence-corrected chi connectivity index (χ4v) is 2.34. The number of benzene rings is 2. The third kappa shape index (κ3) is 4.01. The predicted octanol–water partition coefficient (Wildman–Crippen LogP) is 4.03. The van der Waals surface area contributed by atoms with E-state index >= 15 is 0 Å². The van der Waals surface area contributed by atoms with Crippen molar-refractivity contribution in [3.63, 3.8) is 0 Å². The third-order valence-corrected chi connectivity index (χ3v) is 3.41. The van der Waals surface area contributed by atoms with Crippen LogP contribution in [-0.4, -0.2) is 5.91 Å². The molecule has 0 radical (unpaired) electrons. The summed E-state index contributed by atoms with van der Waals surface area (Å²) in [6, 6.07) is 11.9. The molecule has 21 heavy (non-hydrogen) atoms. The van der Waals surface area contributed by atoms with Gasteiger partial charge in [-0.3, -0.25) is 4.79 Å². The number of primary amides is 1. The van der Waals surface area contributed by atoms with Crippen LogP contribution in [0, 0.1) is 0 Å². The Kier molecular flexibility index (Phi) is 4.90. The maximum atomic E-state index is 12.7. The lowest BCUT2D eigenvalue weighted by Crippen LogP contribution is -2.27. The fourth-order valence-electron chi connectivity index (χ4n) is 1.94. The lowest BCUT2D eigenvalue weighted by Gasteiger charge is -2.18. The first-order valence-corrected chi connectivity index (χ1v) is 6.96. The van der Waals surface area contributed by atoms with Gasteiger partial charge in [-0.2, -0.15) is 0 Å². The Balaban J connectivity index is 2.31. The average molecular weight is 355 g/mol. The van der Waals surface area contributed by atoms with Crippen LogP contribution >= 0.6 is 15.9 Å². The van der Waals surface area contributed by atoms with E-state index in [9.17, 15) is 13.6 Å². The number of carbonyl (C=O) groups excluding carboxylic acids is 1. The van der Waals surface area contributed by atoms with Crippen LogP contribution in [0.15, 0.2) is 53.0 Å². The van der Waals surface area contributed by atoms with Gasteiger partial charge in [0, 0.05) is 15.7 Å². The van der Waals surface area contributed by atoms with E-state index in [1.165, 1.54) is 18.2 Å². The highest BCUT2D eigenvalue weighted by Crippen LogP contribution is 2.26. The number of carbonyl (C=O) groups is 1. The van der Waals surface area contributed by atoms with E-state index in [0.717, 1.165) is 4.47 Å². The highest BCUT2D eigenvalue weighted by atomic mass is 79.9. The van der Waals surface area contributed by atoms with E-state index in [1.807, 2.05) is 6.07 Å². The standard InChI is InChI=1S/C15H13BrF2N2O/c16-11-5-2-6-12(8-11)20-13(15(19)21)9-3-1-4-10(7-9)14(17)18/h1-8,13-14,20H,(H2,19,21). The number of nitrogens with one attached hydrogen (secondary N) is 1. The van der Waals surface area contributed by atoms with Crippen LogP contribution in [-0.2, 0) is 4.79 Å². The van der Waals surface area contributed by atoms with Gasteiger partial charge in [-0.05, 0) is 29.8 Å². The fraction of sp³-hybridized carbons (Fsp3) is 0.133. The zero-order chi connectivity index (χ0) is 15.4. The van der Waals surface area contributed by atoms with Crippen LogP contribution < -0.4 is 11.1 Å². The molecule has 0 fully saturated rings. The van der Waals surface area contributed by atoms with Gasteiger partial charge in [0.15, 0.2) is 0 Å². The zero-order valence-electron chi connectivity index (χ0n) is 10.9. The smallest absolute Gasteiger partial charge is 0.263 e. The molecule has 0 aliphatic rings. The molecule has 6 heteroatoms. The van der Waals surface area contributed by atoms with Crippen molar-refractivity contribution in [3.8, 4) is 0 Å². The van der Waals surface area contributed by atoms with Gasteiger partial charge in [0.25, 0.3) is 6.43 Å². The molecule has 0 aliphatic heterocycles. The minimum atomic E-state index is -2.59. The second-order valence-corrected chi connectivity index (χ2v) is 5.38. The molecular weight excluding hydrogens is 342 g/mol. The van der Waals surface area contributed by atoms with Gasteiger partial charge in [-0.15, -0.1) is 0 Å².